The van der Waals surface area contributed by atoms with Crippen molar-refractivity contribution in [3.63, 3.8) is 0 Å². The minimum atomic E-state index is 0.873. The smallest absolute Gasteiger partial charge is 0.116 e. The van der Waals surface area contributed by atoms with Crippen LogP contribution in [0.15, 0.2) is 30.7 Å². The maximum Gasteiger partial charge on any atom is 0.116 e. The summed E-state index contributed by atoms with van der Waals surface area (Å²) in [6, 6.07) is 8.73. The summed E-state index contributed by atoms with van der Waals surface area (Å²) in [6.45, 7) is 0. The highest BCUT2D eigenvalue weighted by atomic mass is 14.8. The highest BCUT2D eigenvalue weighted by Gasteiger charge is 1.88. The van der Waals surface area contributed by atoms with Gasteiger partial charge in [0.05, 0.1) is 5.52 Å². The average molecular weight is 129 g/mol. The van der Waals surface area contributed by atoms with Gasteiger partial charge in [0.25, 0.3) is 0 Å². The molecular formula is C8H5N2. The Labute approximate surface area is 58.6 Å². The molecule has 0 aliphatic rings. The number of hydrogen-bond acceptors (Lipinski definition) is 2. The summed E-state index contributed by atoms with van der Waals surface area (Å²) in [5.41, 5.74) is 0.873. The van der Waals surface area contributed by atoms with Crippen molar-refractivity contribution in [2.24, 2.45) is 0 Å². The van der Waals surface area contributed by atoms with Crippen LogP contribution in [0.3, 0.4) is 0 Å². The Morgan fingerprint density at radius 3 is 3.30 bits per heavy atom. The molecule has 0 amide bonds. The molecule has 0 saturated carbocycles. The Bertz CT molecular complexity index is 278. The zero-order chi connectivity index (χ0) is 6.81. The third-order valence-electron chi connectivity index (χ3n) is 1.33. The van der Waals surface area contributed by atoms with Crippen LogP contribution in [0.2, 0.25) is 0 Å². The molecule has 2 heteroatoms. The Hall–Kier alpha value is -1.44. The van der Waals surface area contributed by atoms with Crippen molar-refractivity contribution >= 4 is 10.9 Å². The number of benzene rings is 1. The van der Waals surface area contributed by atoms with E-state index in [0.717, 1.165) is 10.9 Å². The van der Waals surface area contributed by atoms with Gasteiger partial charge in [-0.3, -0.25) is 0 Å². The van der Waals surface area contributed by atoms with Crippen molar-refractivity contribution in [2.45, 2.75) is 0 Å². The molecule has 10 heavy (non-hydrogen) atoms. The molecule has 0 aliphatic carbocycles. The summed E-state index contributed by atoms with van der Waals surface area (Å²) in [4.78, 5) is 7.90. The lowest BCUT2D eigenvalue weighted by molar-refractivity contribution is 1.22. The van der Waals surface area contributed by atoms with Gasteiger partial charge >= 0.3 is 0 Å². The molecule has 47 valence electrons. The second kappa shape index (κ2) is 2.06. The number of para-hydroxylation sites is 1. The molecule has 0 bridgehead atoms. The standard InChI is InChI=1S/C8H5N2/c1-2-4-8-7(3-1)5-9-6-10-8/h1-3,5-6H. The Balaban J connectivity index is 2.89. The van der Waals surface area contributed by atoms with E-state index in [2.05, 4.69) is 16.0 Å². The van der Waals surface area contributed by atoms with Crippen molar-refractivity contribution in [3.05, 3.63) is 36.8 Å². The topological polar surface area (TPSA) is 25.8 Å². The molecule has 0 N–H and O–H groups in total. The maximum atomic E-state index is 4.01. The molecule has 2 nitrogen and oxygen atoms in total. The second-order valence-corrected chi connectivity index (χ2v) is 2.00. The van der Waals surface area contributed by atoms with Crippen LogP contribution in [0.4, 0.5) is 0 Å². The number of rotatable bonds is 0. The van der Waals surface area contributed by atoms with Crippen LogP contribution in [0.25, 0.3) is 10.9 Å². The van der Waals surface area contributed by atoms with Gasteiger partial charge in [0, 0.05) is 17.6 Å². The van der Waals surface area contributed by atoms with E-state index in [9.17, 15) is 0 Å². The van der Waals surface area contributed by atoms with E-state index in [-0.39, 0.29) is 0 Å². The lowest BCUT2D eigenvalue weighted by atomic mass is 10.2. The molecule has 1 heterocycles. The SMILES string of the molecule is [c]1cccc2cncnc12. The van der Waals surface area contributed by atoms with Gasteiger partial charge in [-0.1, -0.05) is 18.2 Å². The number of nitrogens with zero attached hydrogens (tertiary/aromatic N) is 2. The van der Waals surface area contributed by atoms with Crippen molar-refractivity contribution in [1.29, 1.82) is 0 Å². The van der Waals surface area contributed by atoms with E-state index in [1.807, 2.05) is 18.2 Å². The molecule has 1 radical (unpaired) electrons. The first-order chi connectivity index (χ1) is 4.97. The molecule has 2 rings (SSSR count). The molecule has 0 atom stereocenters. The van der Waals surface area contributed by atoms with E-state index in [1.54, 1.807) is 6.20 Å². The van der Waals surface area contributed by atoms with Gasteiger partial charge < -0.3 is 0 Å². The third-order valence-corrected chi connectivity index (χ3v) is 1.33. The van der Waals surface area contributed by atoms with E-state index in [0.29, 0.717) is 0 Å². The van der Waals surface area contributed by atoms with Crippen LogP contribution in [-0.2, 0) is 0 Å². The maximum absolute atomic E-state index is 4.01. The quantitative estimate of drug-likeness (QED) is 0.537. The van der Waals surface area contributed by atoms with Gasteiger partial charge in [0.15, 0.2) is 0 Å². The summed E-state index contributed by atoms with van der Waals surface area (Å²) in [6.07, 6.45) is 3.30. The van der Waals surface area contributed by atoms with Gasteiger partial charge in [-0.05, 0) is 0 Å². The van der Waals surface area contributed by atoms with Gasteiger partial charge in [-0.15, -0.1) is 0 Å². The molecule has 0 saturated heterocycles. The Morgan fingerprint density at radius 1 is 1.40 bits per heavy atom. The van der Waals surface area contributed by atoms with Crippen LogP contribution in [0.5, 0.6) is 0 Å². The predicted octanol–water partition coefficient (Wildman–Crippen LogP) is 1.43. The molecule has 2 aromatic rings. The van der Waals surface area contributed by atoms with Crippen LogP contribution < -0.4 is 0 Å². The van der Waals surface area contributed by atoms with E-state index < -0.39 is 0 Å². The van der Waals surface area contributed by atoms with Crippen LogP contribution in [-0.4, -0.2) is 9.97 Å². The molecular weight excluding hydrogens is 124 g/mol. The number of fused-ring (bicyclic) bond motifs is 1. The van der Waals surface area contributed by atoms with Crippen LogP contribution in [0.1, 0.15) is 0 Å². The Morgan fingerprint density at radius 2 is 2.40 bits per heavy atom. The lowest BCUT2D eigenvalue weighted by Crippen LogP contribution is -1.78. The second-order valence-electron chi connectivity index (χ2n) is 2.00. The summed E-state index contributed by atoms with van der Waals surface area (Å²) < 4.78 is 0. The summed E-state index contributed by atoms with van der Waals surface area (Å²) in [5.74, 6) is 0. The largest absolute Gasteiger partial charge is 0.244 e. The van der Waals surface area contributed by atoms with Gasteiger partial charge in [-0.2, -0.15) is 0 Å². The molecule has 0 spiro atoms. The number of aromatic nitrogens is 2. The molecule has 0 unspecified atom stereocenters. The van der Waals surface area contributed by atoms with E-state index >= 15 is 0 Å². The fraction of sp³-hybridized carbons (Fsp3) is 0. The van der Waals surface area contributed by atoms with Crippen LogP contribution >= 0.6 is 0 Å². The van der Waals surface area contributed by atoms with Gasteiger partial charge in [-0.25, -0.2) is 9.97 Å². The summed E-state index contributed by atoms with van der Waals surface area (Å²) in [5, 5.41) is 1.03. The highest BCUT2D eigenvalue weighted by Crippen LogP contribution is 2.05. The minimum absolute atomic E-state index is 0.873. The average Bonchev–Trinajstić information content (AvgIpc) is 2.05. The molecule has 0 fully saturated rings. The molecule has 1 aromatic heterocycles. The first-order valence-electron chi connectivity index (χ1n) is 3.03. The summed E-state index contributed by atoms with van der Waals surface area (Å²) >= 11 is 0. The van der Waals surface area contributed by atoms with Crippen molar-refractivity contribution in [3.8, 4) is 0 Å². The number of hydrogen-bond donors (Lipinski definition) is 0. The fourth-order valence-electron chi connectivity index (χ4n) is 0.862. The molecule has 1 aromatic carbocycles. The predicted molar refractivity (Wildman–Crippen MR) is 38.4 cm³/mol. The molecule has 0 aliphatic heterocycles. The van der Waals surface area contributed by atoms with Crippen molar-refractivity contribution in [2.75, 3.05) is 0 Å². The van der Waals surface area contributed by atoms with Crippen LogP contribution in [0, 0.1) is 6.07 Å². The summed E-state index contributed by atoms with van der Waals surface area (Å²) in [7, 11) is 0. The highest BCUT2D eigenvalue weighted by molar-refractivity contribution is 5.76. The normalized spacial score (nSPS) is 10.0. The Kier molecular flexibility index (Phi) is 1.10. The lowest BCUT2D eigenvalue weighted by Gasteiger charge is -1.90. The van der Waals surface area contributed by atoms with Gasteiger partial charge in [0.2, 0.25) is 0 Å². The fourth-order valence-corrected chi connectivity index (χ4v) is 0.862. The third kappa shape index (κ3) is 0.739. The van der Waals surface area contributed by atoms with Crippen molar-refractivity contribution in [1.82, 2.24) is 9.97 Å². The zero-order valence-electron chi connectivity index (χ0n) is 5.28. The van der Waals surface area contributed by atoms with Gasteiger partial charge in [0.1, 0.15) is 6.33 Å². The first kappa shape index (κ1) is 5.35. The monoisotopic (exact) mass is 129 g/mol. The minimum Gasteiger partial charge on any atom is -0.244 e. The zero-order valence-corrected chi connectivity index (χ0v) is 5.28. The first-order valence-corrected chi connectivity index (χ1v) is 3.03. The van der Waals surface area contributed by atoms with Crippen molar-refractivity contribution < 1.29 is 0 Å². The van der Waals surface area contributed by atoms with E-state index in [4.69, 9.17) is 0 Å². The van der Waals surface area contributed by atoms with E-state index in [1.165, 1.54) is 6.33 Å².